The van der Waals surface area contributed by atoms with Crippen molar-refractivity contribution in [3.63, 3.8) is 0 Å². The molecular formula is C22H18ClN7O5. The highest BCUT2D eigenvalue weighted by Gasteiger charge is 2.39. The zero-order chi connectivity index (χ0) is 24.7. The molecule has 1 atom stereocenters. The second-order valence-electron chi connectivity index (χ2n) is 7.93. The normalized spacial score (nSPS) is 17.3. The molecule has 12 nitrogen and oxygen atoms in total. The Kier molecular flexibility index (Phi) is 5.65. The fourth-order valence-electron chi connectivity index (χ4n) is 4.05. The average Bonchev–Trinajstić information content (AvgIpc) is 3.45. The summed E-state index contributed by atoms with van der Waals surface area (Å²) in [4.78, 5) is 54.6. The van der Waals surface area contributed by atoms with Crippen molar-refractivity contribution < 1.29 is 23.9 Å². The van der Waals surface area contributed by atoms with E-state index >= 15 is 0 Å². The molecule has 3 aromatic rings. The largest absolute Gasteiger partial charge is 0.479 e. The van der Waals surface area contributed by atoms with Gasteiger partial charge in [-0.1, -0.05) is 16.8 Å². The highest BCUT2D eigenvalue weighted by atomic mass is 35.5. The SMILES string of the molecule is COc1nc(Cl)ccc1NC(=O)c1cn(-c2ccc3c(c2)CN(C2CCC(=O)NC2=O)C3=O)nn1. The number of aromatic nitrogens is 4. The molecule has 2 aliphatic heterocycles. The van der Waals surface area contributed by atoms with Crippen molar-refractivity contribution in [2.24, 2.45) is 0 Å². The molecule has 0 spiro atoms. The number of rotatable bonds is 5. The topological polar surface area (TPSA) is 148 Å². The Morgan fingerprint density at radius 1 is 1.23 bits per heavy atom. The van der Waals surface area contributed by atoms with Crippen molar-refractivity contribution in [2.45, 2.75) is 25.4 Å². The second-order valence-corrected chi connectivity index (χ2v) is 8.32. The van der Waals surface area contributed by atoms with Crippen LogP contribution in [0.25, 0.3) is 5.69 Å². The predicted octanol–water partition coefficient (Wildman–Crippen LogP) is 1.34. The number of nitrogens with zero attached hydrogens (tertiary/aromatic N) is 5. The zero-order valence-electron chi connectivity index (χ0n) is 18.3. The van der Waals surface area contributed by atoms with E-state index in [0.717, 1.165) is 0 Å². The summed E-state index contributed by atoms with van der Waals surface area (Å²) in [6.45, 7) is 0.222. The van der Waals surface area contributed by atoms with Crippen LogP contribution >= 0.6 is 11.6 Å². The Labute approximate surface area is 203 Å². The van der Waals surface area contributed by atoms with Crippen molar-refractivity contribution in [1.29, 1.82) is 0 Å². The van der Waals surface area contributed by atoms with E-state index in [0.29, 0.717) is 22.5 Å². The summed E-state index contributed by atoms with van der Waals surface area (Å²) in [5.74, 6) is -1.46. The molecule has 0 bridgehead atoms. The summed E-state index contributed by atoms with van der Waals surface area (Å²) in [5.41, 5.74) is 2.12. The molecule has 178 valence electrons. The van der Waals surface area contributed by atoms with Crippen LogP contribution < -0.4 is 15.4 Å². The van der Waals surface area contributed by atoms with E-state index in [2.05, 4.69) is 25.9 Å². The Hall–Kier alpha value is -4.32. The van der Waals surface area contributed by atoms with Crippen molar-refractivity contribution in [2.75, 3.05) is 12.4 Å². The third-order valence-electron chi connectivity index (χ3n) is 5.77. The summed E-state index contributed by atoms with van der Waals surface area (Å²) in [7, 11) is 1.41. The Morgan fingerprint density at radius 2 is 2.06 bits per heavy atom. The quantitative estimate of drug-likeness (QED) is 0.398. The van der Waals surface area contributed by atoms with Crippen LogP contribution in [0, 0.1) is 0 Å². The number of pyridine rings is 1. The standard InChI is InChI=1S/C22H18ClN7O5/c1-35-21-14(4-6-17(23)25-21)24-19(32)15-10-30(28-27-15)12-2-3-13-11(8-12)9-29(22(13)34)16-5-7-18(31)26-20(16)33/h2-4,6,8,10,16H,5,7,9H2,1H3,(H,24,32)(H,26,31,33). The molecule has 4 heterocycles. The molecule has 0 aliphatic carbocycles. The van der Waals surface area contributed by atoms with Crippen LogP contribution in [-0.4, -0.2) is 61.7 Å². The smallest absolute Gasteiger partial charge is 0.278 e. The fourth-order valence-corrected chi connectivity index (χ4v) is 4.19. The van der Waals surface area contributed by atoms with Gasteiger partial charge in [0, 0.05) is 18.5 Å². The number of hydrogen-bond donors (Lipinski definition) is 2. The fraction of sp³-hybridized carbons (Fsp3) is 0.227. The number of fused-ring (bicyclic) bond motifs is 1. The molecule has 0 saturated carbocycles. The van der Waals surface area contributed by atoms with Crippen molar-refractivity contribution in [3.05, 3.63) is 58.5 Å². The van der Waals surface area contributed by atoms with Crippen LogP contribution in [0.4, 0.5) is 5.69 Å². The molecule has 1 fully saturated rings. The molecule has 13 heteroatoms. The van der Waals surface area contributed by atoms with Crippen LogP contribution in [-0.2, 0) is 16.1 Å². The van der Waals surface area contributed by atoms with Crippen molar-refractivity contribution in [1.82, 2.24) is 30.2 Å². The van der Waals surface area contributed by atoms with Gasteiger partial charge in [-0.2, -0.15) is 4.98 Å². The molecule has 5 rings (SSSR count). The van der Waals surface area contributed by atoms with Gasteiger partial charge in [-0.25, -0.2) is 4.68 Å². The van der Waals surface area contributed by atoms with E-state index in [-0.39, 0.29) is 47.9 Å². The van der Waals surface area contributed by atoms with Gasteiger partial charge in [0.25, 0.3) is 11.8 Å². The molecule has 35 heavy (non-hydrogen) atoms. The predicted molar refractivity (Wildman–Crippen MR) is 121 cm³/mol. The number of carbonyl (C=O) groups excluding carboxylic acids is 4. The Morgan fingerprint density at radius 3 is 2.83 bits per heavy atom. The highest BCUT2D eigenvalue weighted by Crippen LogP contribution is 2.29. The summed E-state index contributed by atoms with van der Waals surface area (Å²) < 4.78 is 6.54. The molecule has 1 unspecified atom stereocenters. The summed E-state index contributed by atoms with van der Waals surface area (Å²) in [5, 5.41) is 13.1. The van der Waals surface area contributed by atoms with Gasteiger partial charge in [0.1, 0.15) is 16.9 Å². The number of amides is 4. The molecule has 4 amide bonds. The van der Waals surface area contributed by atoms with E-state index in [1.54, 1.807) is 24.3 Å². The van der Waals surface area contributed by atoms with E-state index in [1.807, 2.05) is 0 Å². The molecular weight excluding hydrogens is 478 g/mol. The lowest BCUT2D eigenvalue weighted by molar-refractivity contribution is -0.136. The minimum atomic E-state index is -0.697. The first-order valence-corrected chi connectivity index (χ1v) is 10.9. The summed E-state index contributed by atoms with van der Waals surface area (Å²) >= 11 is 5.85. The number of carbonyl (C=O) groups is 4. The molecule has 0 radical (unpaired) electrons. The van der Waals surface area contributed by atoms with Gasteiger partial charge >= 0.3 is 0 Å². The third kappa shape index (κ3) is 4.19. The molecule has 2 N–H and O–H groups in total. The van der Waals surface area contributed by atoms with E-state index in [9.17, 15) is 19.2 Å². The maximum absolute atomic E-state index is 12.9. The van der Waals surface area contributed by atoms with Crippen LogP contribution in [0.1, 0.15) is 39.3 Å². The first-order chi connectivity index (χ1) is 16.8. The van der Waals surface area contributed by atoms with Gasteiger partial charge in [-0.05, 0) is 42.3 Å². The Bertz CT molecular complexity index is 1390. The van der Waals surface area contributed by atoms with Crippen LogP contribution in [0.3, 0.4) is 0 Å². The maximum atomic E-state index is 12.9. The van der Waals surface area contributed by atoms with Crippen LogP contribution in [0.15, 0.2) is 36.5 Å². The number of hydrogen-bond acceptors (Lipinski definition) is 8. The minimum Gasteiger partial charge on any atom is -0.479 e. The lowest BCUT2D eigenvalue weighted by atomic mass is 10.0. The van der Waals surface area contributed by atoms with E-state index in [1.165, 1.54) is 29.0 Å². The Balaban J connectivity index is 1.33. The highest BCUT2D eigenvalue weighted by molar-refractivity contribution is 6.29. The van der Waals surface area contributed by atoms with Gasteiger partial charge in [0.2, 0.25) is 17.7 Å². The van der Waals surface area contributed by atoms with Crippen molar-refractivity contribution >= 4 is 40.9 Å². The zero-order valence-corrected chi connectivity index (χ0v) is 19.1. The van der Waals surface area contributed by atoms with Crippen LogP contribution in [0.5, 0.6) is 5.88 Å². The number of ether oxygens (including phenoxy) is 1. The first-order valence-electron chi connectivity index (χ1n) is 10.6. The molecule has 1 saturated heterocycles. The van der Waals surface area contributed by atoms with Gasteiger partial charge in [0.05, 0.1) is 19.0 Å². The lowest BCUT2D eigenvalue weighted by Gasteiger charge is -2.29. The molecule has 2 aliphatic rings. The summed E-state index contributed by atoms with van der Waals surface area (Å²) in [6.07, 6.45) is 1.91. The number of nitrogens with one attached hydrogen (secondary N) is 2. The number of benzene rings is 1. The van der Waals surface area contributed by atoms with Gasteiger partial charge in [-0.15, -0.1) is 5.10 Å². The minimum absolute atomic E-state index is 0.0451. The third-order valence-corrected chi connectivity index (χ3v) is 5.98. The van der Waals surface area contributed by atoms with Gasteiger partial charge in [0.15, 0.2) is 5.69 Å². The maximum Gasteiger partial charge on any atom is 0.278 e. The molecule has 2 aromatic heterocycles. The summed E-state index contributed by atoms with van der Waals surface area (Å²) in [6, 6.07) is 7.44. The number of halogens is 1. The average molecular weight is 496 g/mol. The first kappa shape index (κ1) is 22.5. The number of anilines is 1. The monoisotopic (exact) mass is 495 g/mol. The van der Waals surface area contributed by atoms with Gasteiger partial charge in [-0.3, -0.25) is 24.5 Å². The number of piperidine rings is 1. The second kappa shape index (κ2) is 8.80. The van der Waals surface area contributed by atoms with Gasteiger partial charge < -0.3 is 15.0 Å². The van der Waals surface area contributed by atoms with E-state index in [4.69, 9.17) is 16.3 Å². The molecule has 1 aromatic carbocycles. The number of methoxy groups -OCH3 is 1. The van der Waals surface area contributed by atoms with Crippen LogP contribution in [0.2, 0.25) is 5.15 Å². The number of imide groups is 1. The van der Waals surface area contributed by atoms with E-state index < -0.39 is 17.9 Å². The van der Waals surface area contributed by atoms with Crippen molar-refractivity contribution in [3.8, 4) is 11.6 Å². The lowest BCUT2D eigenvalue weighted by Crippen LogP contribution is -2.52.